The minimum atomic E-state index is 0.0380. The van der Waals surface area contributed by atoms with E-state index in [4.69, 9.17) is 4.74 Å². The second-order valence-corrected chi connectivity index (χ2v) is 4.56. The Bertz CT molecular complexity index is 189. The first kappa shape index (κ1) is 12.5. The summed E-state index contributed by atoms with van der Waals surface area (Å²) in [7, 11) is 0. The van der Waals surface area contributed by atoms with Gasteiger partial charge >= 0.3 is 5.97 Å². The first-order chi connectivity index (χ1) is 7.29. The summed E-state index contributed by atoms with van der Waals surface area (Å²) in [6.45, 7) is 4.64. The van der Waals surface area contributed by atoms with E-state index in [9.17, 15) is 4.79 Å². The molecule has 0 bridgehead atoms. The van der Waals surface area contributed by atoms with Gasteiger partial charge in [0.25, 0.3) is 0 Å². The molecule has 1 aliphatic rings. The maximum atomic E-state index is 11.3. The van der Waals surface area contributed by atoms with Crippen LogP contribution in [0.3, 0.4) is 0 Å². The minimum Gasteiger partial charge on any atom is -0.466 e. The van der Waals surface area contributed by atoms with Gasteiger partial charge in [-0.1, -0.05) is 39.0 Å². The third kappa shape index (κ3) is 4.67. The molecule has 0 saturated heterocycles. The number of ether oxygens (including phenoxy) is 1. The smallest absolute Gasteiger partial charge is 0.309 e. The molecule has 0 radical (unpaired) electrons. The van der Waals surface area contributed by atoms with Gasteiger partial charge in [0.2, 0.25) is 0 Å². The van der Waals surface area contributed by atoms with E-state index in [0.717, 1.165) is 6.42 Å². The van der Waals surface area contributed by atoms with Gasteiger partial charge in [0.05, 0.1) is 12.5 Å². The molecule has 0 aromatic carbocycles. The highest BCUT2D eigenvalue weighted by Crippen LogP contribution is 2.43. The van der Waals surface area contributed by atoms with E-state index in [0.29, 0.717) is 12.5 Å². The van der Waals surface area contributed by atoms with Crippen molar-refractivity contribution < 1.29 is 9.53 Å². The molecule has 0 heterocycles. The van der Waals surface area contributed by atoms with E-state index in [2.05, 4.69) is 6.92 Å². The molecular weight excluding hydrogens is 188 g/mol. The van der Waals surface area contributed by atoms with Gasteiger partial charge in [-0.3, -0.25) is 4.79 Å². The van der Waals surface area contributed by atoms with E-state index in [1.807, 2.05) is 6.92 Å². The van der Waals surface area contributed by atoms with Crippen LogP contribution in [-0.2, 0) is 9.53 Å². The van der Waals surface area contributed by atoms with Crippen molar-refractivity contribution in [2.24, 2.45) is 11.8 Å². The van der Waals surface area contributed by atoms with E-state index >= 15 is 0 Å². The summed E-state index contributed by atoms with van der Waals surface area (Å²) in [6, 6.07) is 0. The van der Waals surface area contributed by atoms with Crippen LogP contribution in [0.2, 0.25) is 0 Å². The lowest BCUT2D eigenvalue weighted by Gasteiger charge is -2.01. The SMILES string of the molecule is CCCCCCC[C@@H]1C[C@H]1C(=O)OCC. The summed E-state index contributed by atoms with van der Waals surface area (Å²) in [5.41, 5.74) is 0. The van der Waals surface area contributed by atoms with Crippen LogP contribution >= 0.6 is 0 Å². The molecule has 1 rings (SSSR count). The number of carbonyl (C=O) groups excluding carboxylic acids is 1. The summed E-state index contributed by atoms with van der Waals surface area (Å²) in [4.78, 5) is 11.3. The predicted molar refractivity (Wildman–Crippen MR) is 61.6 cm³/mol. The Morgan fingerprint density at radius 1 is 1.20 bits per heavy atom. The normalized spacial score (nSPS) is 23.9. The van der Waals surface area contributed by atoms with Crippen LogP contribution in [-0.4, -0.2) is 12.6 Å². The molecule has 0 unspecified atom stereocenters. The van der Waals surface area contributed by atoms with Crippen molar-refractivity contribution in [3.8, 4) is 0 Å². The molecule has 0 N–H and O–H groups in total. The van der Waals surface area contributed by atoms with Crippen LogP contribution in [0.25, 0.3) is 0 Å². The molecule has 1 aliphatic carbocycles. The van der Waals surface area contributed by atoms with Crippen LogP contribution in [0.1, 0.15) is 58.8 Å². The molecule has 1 fully saturated rings. The van der Waals surface area contributed by atoms with Gasteiger partial charge in [-0.2, -0.15) is 0 Å². The second-order valence-electron chi connectivity index (χ2n) is 4.56. The largest absolute Gasteiger partial charge is 0.466 e. The van der Waals surface area contributed by atoms with Crippen LogP contribution in [0.15, 0.2) is 0 Å². The lowest BCUT2D eigenvalue weighted by atomic mass is 10.1. The predicted octanol–water partition coefficient (Wildman–Crippen LogP) is 3.55. The molecule has 2 nitrogen and oxygen atoms in total. The van der Waals surface area contributed by atoms with Gasteiger partial charge in [0.1, 0.15) is 0 Å². The first-order valence-electron chi connectivity index (χ1n) is 6.46. The zero-order chi connectivity index (χ0) is 11.1. The van der Waals surface area contributed by atoms with Crippen molar-refractivity contribution in [2.45, 2.75) is 58.8 Å². The van der Waals surface area contributed by atoms with Crippen LogP contribution < -0.4 is 0 Å². The molecule has 15 heavy (non-hydrogen) atoms. The Kier molecular flexibility index (Phi) is 5.74. The molecule has 0 aliphatic heterocycles. The molecule has 0 amide bonds. The fraction of sp³-hybridized carbons (Fsp3) is 0.923. The zero-order valence-corrected chi connectivity index (χ0v) is 10.1. The van der Waals surface area contributed by atoms with E-state index in [1.165, 1.54) is 38.5 Å². The Balaban J connectivity index is 1.95. The number of hydrogen-bond acceptors (Lipinski definition) is 2. The van der Waals surface area contributed by atoms with Crippen LogP contribution in [0.4, 0.5) is 0 Å². The van der Waals surface area contributed by atoms with Gasteiger partial charge in [-0.15, -0.1) is 0 Å². The maximum absolute atomic E-state index is 11.3. The topological polar surface area (TPSA) is 26.3 Å². The fourth-order valence-corrected chi connectivity index (χ4v) is 2.11. The second kappa shape index (κ2) is 6.86. The summed E-state index contributed by atoms with van der Waals surface area (Å²) in [6.07, 6.45) is 8.94. The molecule has 2 atom stereocenters. The summed E-state index contributed by atoms with van der Waals surface area (Å²) < 4.78 is 5.00. The van der Waals surface area contributed by atoms with Crippen molar-refractivity contribution in [3.05, 3.63) is 0 Å². The monoisotopic (exact) mass is 212 g/mol. The standard InChI is InChI=1S/C13H24O2/c1-3-5-6-7-8-9-11-10-12(11)13(14)15-4-2/h11-12H,3-10H2,1-2H3/t11-,12-/m1/s1. The molecule has 2 heteroatoms. The Morgan fingerprint density at radius 3 is 2.60 bits per heavy atom. The molecular formula is C13H24O2. The summed E-state index contributed by atoms with van der Waals surface area (Å²) in [5, 5.41) is 0. The van der Waals surface area contributed by atoms with Gasteiger partial charge < -0.3 is 4.74 Å². The molecule has 0 aromatic heterocycles. The number of hydrogen-bond donors (Lipinski definition) is 0. The fourth-order valence-electron chi connectivity index (χ4n) is 2.11. The molecule has 1 saturated carbocycles. The summed E-state index contributed by atoms with van der Waals surface area (Å²) in [5.74, 6) is 0.929. The Hall–Kier alpha value is -0.530. The van der Waals surface area contributed by atoms with Gasteiger partial charge in [-0.05, 0) is 25.7 Å². The highest BCUT2D eigenvalue weighted by Gasteiger charge is 2.43. The highest BCUT2D eigenvalue weighted by molar-refractivity contribution is 5.75. The number of esters is 1. The first-order valence-corrected chi connectivity index (χ1v) is 6.46. The molecule has 0 aromatic rings. The third-order valence-electron chi connectivity index (χ3n) is 3.19. The number of unbranched alkanes of at least 4 members (excludes halogenated alkanes) is 4. The van der Waals surface area contributed by atoms with Crippen molar-refractivity contribution in [3.63, 3.8) is 0 Å². The summed E-state index contributed by atoms with van der Waals surface area (Å²) >= 11 is 0. The lowest BCUT2D eigenvalue weighted by molar-refractivity contribution is -0.145. The average molecular weight is 212 g/mol. The molecule has 0 spiro atoms. The van der Waals surface area contributed by atoms with Gasteiger partial charge in [0, 0.05) is 0 Å². The molecule has 88 valence electrons. The van der Waals surface area contributed by atoms with Crippen molar-refractivity contribution in [2.75, 3.05) is 6.61 Å². The highest BCUT2D eigenvalue weighted by atomic mass is 16.5. The lowest BCUT2D eigenvalue weighted by Crippen LogP contribution is -2.07. The quantitative estimate of drug-likeness (QED) is 0.454. The van der Waals surface area contributed by atoms with Crippen molar-refractivity contribution >= 4 is 5.97 Å². The van der Waals surface area contributed by atoms with Gasteiger partial charge in [0.15, 0.2) is 0 Å². The average Bonchev–Trinajstić information content (AvgIpc) is 2.97. The van der Waals surface area contributed by atoms with Crippen molar-refractivity contribution in [1.82, 2.24) is 0 Å². The van der Waals surface area contributed by atoms with E-state index in [-0.39, 0.29) is 11.9 Å². The van der Waals surface area contributed by atoms with E-state index < -0.39 is 0 Å². The third-order valence-corrected chi connectivity index (χ3v) is 3.19. The Morgan fingerprint density at radius 2 is 1.93 bits per heavy atom. The van der Waals surface area contributed by atoms with Crippen LogP contribution in [0.5, 0.6) is 0 Å². The number of carbonyl (C=O) groups is 1. The van der Waals surface area contributed by atoms with E-state index in [1.54, 1.807) is 0 Å². The number of rotatable bonds is 8. The van der Waals surface area contributed by atoms with Crippen molar-refractivity contribution in [1.29, 1.82) is 0 Å². The van der Waals surface area contributed by atoms with Gasteiger partial charge in [-0.25, -0.2) is 0 Å². The zero-order valence-electron chi connectivity index (χ0n) is 10.1. The van der Waals surface area contributed by atoms with Crippen LogP contribution in [0, 0.1) is 11.8 Å². The minimum absolute atomic E-state index is 0.0380. The maximum Gasteiger partial charge on any atom is 0.309 e. The Labute approximate surface area is 93.4 Å².